The number of rotatable bonds is 2. The molecule has 3 nitrogen and oxygen atoms in total. The summed E-state index contributed by atoms with van der Waals surface area (Å²) in [5, 5.41) is 5.00. The van der Waals surface area contributed by atoms with Gasteiger partial charge in [-0.25, -0.2) is 0 Å². The van der Waals surface area contributed by atoms with E-state index in [9.17, 15) is 0 Å². The van der Waals surface area contributed by atoms with Crippen molar-refractivity contribution in [3.63, 3.8) is 0 Å². The predicted octanol–water partition coefficient (Wildman–Crippen LogP) is 3.92. The van der Waals surface area contributed by atoms with Crippen molar-refractivity contribution < 1.29 is 4.52 Å². The van der Waals surface area contributed by atoms with E-state index in [0.717, 1.165) is 11.3 Å². The molecule has 1 aliphatic carbocycles. The van der Waals surface area contributed by atoms with E-state index in [1.54, 1.807) is 18.7 Å². The SMILES string of the molecule is Clc1cncc(Cl)c1-c1nocc1C1CC1. The normalized spacial score (nSPS) is 15.4. The van der Waals surface area contributed by atoms with Gasteiger partial charge in [0.2, 0.25) is 0 Å². The summed E-state index contributed by atoms with van der Waals surface area (Å²) in [6, 6.07) is 0. The van der Waals surface area contributed by atoms with Gasteiger partial charge in [-0.1, -0.05) is 28.4 Å². The first-order valence-corrected chi connectivity index (χ1v) is 5.76. The van der Waals surface area contributed by atoms with Gasteiger partial charge >= 0.3 is 0 Å². The number of hydrogen-bond donors (Lipinski definition) is 0. The molecule has 0 N–H and O–H groups in total. The molecule has 3 rings (SSSR count). The molecular weight excluding hydrogens is 247 g/mol. The first-order valence-electron chi connectivity index (χ1n) is 5.01. The van der Waals surface area contributed by atoms with Gasteiger partial charge in [0.25, 0.3) is 0 Å². The van der Waals surface area contributed by atoms with Crippen LogP contribution in [0.2, 0.25) is 10.0 Å². The third-order valence-corrected chi connectivity index (χ3v) is 3.28. The Morgan fingerprint density at radius 3 is 2.50 bits per heavy atom. The van der Waals surface area contributed by atoms with E-state index >= 15 is 0 Å². The third kappa shape index (κ3) is 1.60. The van der Waals surface area contributed by atoms with Gasteiger partial charge < -0.3 is 4.52 Å². The van der Waals surface area contributed by atoms with Gasteiger partial charge in [-0.15, -0.1) is 0 Å². The molecule has 0 bridgehead atoms. The second-order valence-electron chi connectivity index (χ2n) is 3.87. The van der Waals surface area contributed by atoms with Crippen molar-refractivity contribution in [3.8, 4) is 11.3 Å². The molecule has 0 unspecified atom stereocenters. The maximum atomic E-state index is 6.09. The monoisotopic (exact) mass is 254 g/mol. The second kappa shape index (κ2) is 3.75. The van der Waals surface area contributed by atoms with E-state index < -0.39 is 0 Å². The number of nitrogens with zero attached hydrogens (tertiary/aromatic N) is 2. The molecule has 0 saturated heterocycles. The molecule has 2 heterocycles. The first kappa shape index (κ1) is 10.1. The maximum Gasteiger partial charge on any atom is 0.127 e. The molecular formula is C11H8Cl2N2O. The van der Waals surface area contributed by atoms with Crippen LogP contribution in [0.15, 0.2) is 23.2 Å². The fraction of sp³-hybridized carbons (Fsp3) is 0.273. The van der Waals surface area contributed by atoms with Crippen molar-refractivity contribution in [2.24, 2.45) is 0 Å². The molecule has 1 aliphatic rings. The fourth-order valence-corrected chi connectivity index (χ4v) is 2.30. The lowest BCUT2D eigenvalue weighted by atomic mass is 10.1. The van der Waals surface area contributed by atoms with Gasteiger partial charge in [0.05, 0.1) is 10.0 Å². The Hall–Kier alpha value is -1.06. The molecule has 1 fully saturated rings. The maximum absolute atomic E-state index is 6.09. The first-order chi connectivity index (χ1) is 7.77. The van der Waals surface area contributed by atoms with Gasteiger partial charge in [0, 0.05) is 23.5 Å². The molecule has 0 aliphatic heterocycles. The summed E-state index contributed by atoms with van der Waals surface area (Å²) < 4.78 is 5.02. The average molecular weight is 255 g/mol. The number of halogens is 2. The Labute approximate surface area is 102 Å². The van der Waals surface area contributed by atoms with Crippen LogP contribution in [0.5, 0.6) is 0 Å². The summed E-state index contributed by atoms with van der Waals surface area (Å²) in [5.74, 6) is 0.543. The van der Waals surface area contributed by atoms with E-state index in [1.807, 2.05) is 0 Å². The molecule has 82 valence electrons. The predicted molar refractivity (Wildman–Crippen MR) is 61.7 cm³/mol. The zero-order valence-corrected chi connectivity index (χ0v) is 9.79. The van der Waals surface area contributed by atoms with Crippen molar-refractivity contribution in [1.29, 1.82) is 0 Å². The van der Waals surface area contributed by atoms with Crippen LogP contribution in [-0.4, -0.2) is 10.1 Å². The standard InChI is InChI=1S/C11H8Cl2N2O/c12-8-3-14-4-9(13)10(8)11-7(5-16-15-11)6-1-2-6/h3-6H,1-2H2. The highest BCUT2D eigenvalue weighted by atomic mass is 35.5. The Morgan fingerprint density at radius 2 is 1.88 bits per heavy atom. The average Bonchev–Trinajstić information content (AvgIpc) is 2.99. The summed E-state index contributed by atoms with van der Waals surface area (Å²) in [6.45, 7) is 0. The fourth-order valence-electron chi connectivity index (χ4n) is 1.76. The quantitative estimate of drug-likeness (QED) is 0.816. The highest BCUT2D eigenvalue weighted by Crippen LogP contribution is 2.46. The summed E-state index contributed by atoms with van der Waals surface area (Å²) in [6.07, 6.45) is 7.16. The smallest absolute Gasteiger partial charge is 0.127 e. The lowest BCUT2D eigenvalue weighted by Crippen LogP contribution is -1.88. The molecule has 16 heavy (non-hydrogen) atoms. The molecule has 0 aromatic carbocycles. The molecule has 0 atom stereocenters. The van der Waals surface area contributed by atoms with E-state index in [0.29, 0.717) is 21.5 Å². The molecule has 1 saturated carbocycles. The summed E-state index contributed by atoms with van der Waals surface area (Å²) >= 11 is 12.2. The lowest BCUT2D eigenvalue weighted by Gasteiger charge is -2.04. The van der Waals surface area contributed by atoms with E-state index in [2.05, 4.69) is 10.1 Å². The van der Waals surface area contributed by atoms with Crippen molar-refractivity contribution >= 4 is 23.2 Å². The van der Waals surface area contributed by atoms with E-state index in [1.165, 1.54) is 12.8 Å². The second-order valence-corrected chi connectivity index (χ2v) is 4.69. The Bertz CT molecular complexity index is 514. The van der Waals surface area contributed by atoms with Crippen LogP contribution in [-0.2, 0) is 0 Å². The minimum atomic E-state index is 0.503. The van der Waals surface area contributed by atoms with Crippen LogP contribution < -0.4 is 0 Å². The highest BCUT2D eigenvalue weighted by Gasteiger charge is 2.30. The number of pyridine rings is 1. The molecule has 0 amide bonds. The summed E-state index contributed by atoms with van der Waals surface area (Å²) in [4.78, 5) is 3.92. The zero-order valence-electron chi connectivity index (χ0n) is 8.28. The molecule has 5 heteroatoms. The van der Waals surface area contributed by atoms with Gasteiger partial charge in [0.1, 0.15) is 12.0 Å². The van der Waals surface area contributed by atoms with Crippen LogP contribution in [0.25, 0.3) is 11.3 Å². The molecule has 0 radical (unpaired) electrons. The summed E-state index contributed by atoms with van der Waals surface area (Å²) in [7, 11) is 0. The number of aromatic nitrogens is 2. The Morgan fingerprint density at radius 1 is 1.19 bits per heavy atom. The van der Waals surface area contributed by atoms with Crippen molar-refractivity contribution in [2.45, 2.75) is 18.8 Å². The highest BCUT2D eigenvalue weighted by molar-refractivity contribution is 6.38. The van der Waals surface area contributed by atoms with Crippen LogP contribution in [0, 0.1) is 0 Å². The van der Waals surface area contributed by atoms with Gasteiger partial charge in [-0.3, -0.25) is 4.98 Å². The zero-order chi connectivity index (χ0) is 11.1. The van der Waals surface area contributed by atoms with Crippen molar-refractivity contribution in [1.82, 2.24) is 10.1 Å². The minimum Gasteiger partial charge on any atom is -0.364 e. The van der Waals surface area contributed by atoms with Crippen molar-refractivity contribution in [2.75, 3.05) is 0 Å². The molecule has 2 aromatic heterocycles. The lowest BCUT2D eigenvalue weighted by molar-refractivity contribution is 0.421. The van der Waals surface area contributed by atoms with Crippen LogP contribution in [0.1, 0.15) is 24.3 Å². The van der Waals surface area contributed by atoms with E-state index in [4.69, 9.17) is 27.7 Å². The van der Waals surface area contributed by atoms with Crippen molar-refractivity contribution in [3.05, 3.63) is 34.3 Å². The summed E-state index contributed by atoms with van der Waals surface area (Å²) in [5.41, 5.74) is 2.56. The number of hydrogen-bond acceptors (Lipinski definition) is 3. The van der Waals surface area contributed by atoms with Crippen LogP contribution >= 0.6 is 23.2 Å². The Kier molecular flexibility index (Phi) is 2.37. The van der Waals surface area contributed by atoms with Crippen LogP contribution in [0.3, 0.4) is 0 Å². The molecule has 0 spiro atoms. The topological polar surface area (TPSA) is 38.9 Å². The minimum absolute atomic E-state index is 0.503. The Balaban J connectivity index is 2.17. The van der Waals surface area contributed by atoms with Gasteiger partial charge in [-0.05, 0) is 18.8 Å². The largest absolute Gasteiger partial charge is 0.364 e. The van der Waals surface area contributed by atoms with Crippen LogP contribution in [0.4, 0.5) is 0 Å². The molecule has 2 aromatic rings. The van der Waals surface area contributed by atoms with Gasteiger partial charge in [0.15, 0.2) is 0 Å². The van der Waals surface area contributed by atoms with E-state index in [-0.39, 0.29) is 0 Å². The third-order valence-electron chi connectivity index (χ3n) is 2.70. The van der Waals surface area contributed by atoms with Gasteiger partial charge in [-0.2, -0.15) is 0 Å².